The molecule has 0 heterocycles. The lowest BCUT2D eigenvalue weighted by Crippen LogP contribution is -2.29. The first-order chi connectivity index (χ1) is 26.2. The van der Waals surface area contributed by atoms with E-state index in [0.29, 0.717) is 25.7 Å². The lowest BCUT2D eigenvalue weighted by Gasteiger charge is -2.19. The van der Waals surface area contributed by atoms with Crippen molar-refractivity contribution in [1.29, 1.82) is 0 Å². The molecule has 0 spiro atoms. The fraction of sp³-hybridized carbons (Fsp3) is 0.628. The molecule has 0 saturated heterocycles. The Morgan fingerprint density at radius 2 is 1.26 bits per heavy atom. The Morgan fingerprint density at radius 1 is 0.667 bits per heavy atom. The zero-order valence-electron chi connectivity index (χ0n) is 33.3. The highest BCUT2D eigenvalue weighted by Gasteiger charge is 2.25. The van der Waals surface area contributed by atoms with Crippen molar-refractivity contribution in [1.82, 2.24) is 0 Å². The van der Waals surface area contributed by atoms with Gasteiger partial charge in [0, 0.05) is 19.4 Å². The van der Waals surface area contributed by atoms with E-state index in [2.05, 4.69) is 68.5 Å². The van der Waals surface area contributed by atoms with Gasteiger partial charge in [-0.3, -0.25) is 18.6 Å². The van der Waals surface area contributed by atoms with Gasteiger partial charge in [0.25, 0.3) is 0 Å². The molecule has 4 N–H and O–H groups in total. The van der Waals surface area contributed by atoms with Gasteiger partial charge < -0.3 is 25.2 Å². The normalized spacial score (nSPS) is 14.8. The van der Waals surface area contributed by atoms with Crippen LogP contribution in [0.25, 0.3) is 0 Å². The van der Waals surface area contributed by atoms with Gasteiger partial charge in [-0.2, -0.15) is 0 Å². The molecule has 54 heavy (non-hydrogen) atoms. The number of aliphatic hydroxyl groups is 1. The van der Waals surface area contributed by atoms with Gasteiger partial charge in [-0.25, -0.2) is 4.57 Å². The summed E-state index contributed by atoms with van der Waals surface area (Å²) in [6.07, 6.45) is 43.6. The zero-order valence-corrected chi connectivity index (χ0v) is 34.2. The second-order valence-electron chi connectivity index (χ2n) is 13.0. The summed E-state index contributed by atoms with van der Waals surface area (Å²) < 4.78 is 32.6. The number of phosphoric ester groups is 1. The Morgan fingerprint density at radius 3 is 1.94 bits per heavy atom. The fourth-order valence-electron chi connectivity index (χ4n) is 4.84. The molecule has 0 rings (SSSR count). The summed E-state index contributed by atoms with van der Waals surface area (Å²) in [4.78, 5) is 34.8. The van der Waals surface area contributed by atoms with E-state index in [1.54, 1.807) is 12.2 Å². The number of nitrogens with two attached hydrogens (primary N) is 1. The monoisotopic (exact) mass is 777 g/mol. The number of hydrogen-bond acceptors (Lipinski definition) is 9. The minimum atomic E-state index is -4.42. The van der Waals surface area contributed by atoms with Gasteiger partial charge in [-0.05, 0) is 77.0 Å². The maximum Gasteiger partial charge on any atom is 0.472 e. The van der Waals surface area contributed by atoms with Crippen LogP contribution in [0.2, 0.25) is 0 Å². The number of esters is 2. The molecule has 0 amide bonds. The Hall–Kier alpha value is -2.85. The van der Waals surface area contributed by atoms with E-state index in [1.165, 1.54) is 19.3 Å². The van der Waals surface area contributed by atoms with Gasteiger partial charge in [-0.15, -0.1) is 0 Å². The third kappa shape index (κ3) is 37.5. The van der Waals surface area contributed by atoms with E-state index in [-0.39, 0.29) is 32.6 Å². The molecule has 10 nitrogen and oxygen atoms in total. The van der Waals surface area contributed by atoms with Crippen LogP contribution in [0.5, 0.6) is 0 Å². The maximum atomic E-state index is 12.5. The summed E-state index contributed by atoms with van der Waals surface area (Å²) in [6.45, 7) is 3.37. The molecule has 308 valence electrons. The molecule has 0 saturated carbocycles. The van der Waals surface area contributed by atoms with Crippen LogP contribution in [0.1, 0.15) is 136 Å². The molecule has 0 aromatic rings. The number of ether oxygens (including phenoxy) is 2. The first-order valence-electron chi connectivity index (χ1n) is 20.2. The highest BCUT2D eigenvalue weighted by Crippen LogP contribution is 2.43. The van der Waals surface area contributed by atoms with Crippen molar-refractivity contribution < 1.29 is 42.7 Å². The largest absolute Gasteiger partial charge is 0.472 e. The molecule has 0 aromatic heterocycles. The number of hydrogen-bond donors (Lipinski definition) is 3. The second-order valence-corrected chi connectivity index (χ2v) is 14.4. The molecule has 0 aliphatic carbocycles. The van der Waals surface area contributed by atoms with Gasteiger partial charge in [0.2, 0.25) is 0 Å². The summed E-state index contributed by atoms with van der Waals surface area (Å²) >= 11 is 0. The molecule has 0 aliphatic heterocycles. The quantitative estimate of drug-likeness (QED) is 0.0184. The van der Waals surface area contributed by atoms with E-state index in [4.69, 9.17) is 24.3 Å². The van der Waals surface area contributed by atoms with Crippen LogP contribution in [-0.4, -0.2) is 60.5 Å². The van der Waals surface area contributed by atoms with Crippen LogP contribution in [0.15, 0.2) is 85.1 Å². The van der Waals surface area contributed by atoms with Gasteiger partial charge in [-0.1, -0.05) is 131 Å². The highest BCUT2D eigenvalue weighted by molar-refractivity contribution is 7.47. The minimum absolute atomic E-state index is 0.0261. The van der Waals surface area contributed by atoms with E-state index in [0.717, 1.165) is 64.2 Å². The number of carbonyl (C=O) groups excluding carboxylic acids is 2. The summed E-state index contributed by atoms with van der Waals surface area (Å²) in [5, 5.41) is 10.1. The Labute approximate surface area is 326 Å². The van der Waals surface area contributed by atoms with Crippen molar-refractivity contribution >= 4 is 19.8 Å². The van der Waals surface area contributed by atoms with Crippen molar-refractivity contribution in [3.8, 4) is 0 Å². The third-order valence-corrected chi connectivity index (χ3v) is 8.83. The average molecular weight is 778 g/mol. The first kappa shape index (κ1) is 51.1. The molecule has 0 bridgehead atoms. The summed E-state index contributed by atoms with van der Waals surface area (Å²) in [6, 6.07) is 0. The molecule has 11 heteroatoms. The summed E-state index contributed by atoms with van der Waals surface area (Å²) in [5.74, 6) is -0.989. The van der Waals surface area contributed by atoms with Gasteiger partial charge in [0.1, 0.15) is 6.61 Å². The molecular formula is C43H72NO9P. The van der Waals surface area contributed by atoms with Crippen LogP contribution < -0.4 is 5.73 Å². The fourth-order valence-corrected chi connectivity index (χ4v) is 5.60. The lowest BCUT2D eigenvalue weighted by atomic mass is 10.1. The number of rotatable bonds is 36. The average Bonchev–Trinajstić information content (AvgIpc) is 3.15. The van der Waals surface area contributed by atoms with E-state index in [1.807, 2.05) is 18.2 Å². The predicted octanol–water partition coefficient (Wildman–Crippen LogP) is 10.2. The molecule has 0 aliphatic rings. The van der Waals surface area contributed by atoms with Crippen molar-refractivity contribution in [3.05, 3.63) is 85.1 Å². The van der Waals surface area contributed by atoms with Crippen LogP contribution in [0.4, 0.5) is 0 Å². The molecule has 2 unspecified atom stereocenters. The Balaban J connectivity index is 4.43. The van der Waals surface area contributed by atoms with Crippen molar-refractivity contribution in [2.24, 2.45) is 5.73 Å². The Bertz CT molecular complexity index is 1180. The van der Waals surface area contributed by atoms with Crippen LogP contribution in [0.3, 0.4) is 0 Å². The first-order valence-corrected chi connectivity index (χ1v) is 21.7. The molecular weight excluding hydrogens is 705 g/mol. The van der Waals surface area contributed by atoms with Gasteiger partial charge in [0.05, 0.1) is 19.3 Å². The lowest BCUT2D eigenvalue weighted by molar-refractivity contribution is -0.161. The third-order valence-electron chi connectivity index (χ3n) is 7.85. The van der Waals surface area contributed by atoms with Gasteiger partial charge >= 0.3 is 19.8 Å². The van der Waals surface area contributed by atoms with Crippen LogP contribution in [-0.2, 0) is 32.7 Å². The van der Waals surface area contributed by atoms with Crippen molar-refractivity contribution in [2.75, 3.05) is 26.4 Å². The standard InChI is InChI=1S/C43H72NO9P/c1-3-5-7-9-11-13-14-15-16-17-18-20-22-26-31-35-43(47)53-41(39-52-54(48,49)51-37-36-44)38-50-42(46)34-30-27-23-25-29-33-40(45)32-28-24-21-19-12-10-8-6-4-2/h5,7,11-13,15-16,19,23-25,28-29,33,40-41,45H,3-4,6,8-10,14,17-18,20-22,26-27,30-32,34-39,44H2,1-2H3,(H,48,49)/b7-5-,13-11-,16-15-,19-12-,25-23+,28-24-,33-29-/t40?,41-/m1/s1. The zero-order chi connectivity index (χ0) is 39.8. The smallest absolute Gasteiger partial charge is 0.462 e. The molecule has 0 fully saturated rings. The Kier molecular flexibility index (Phi) is 36.4. The molecule has 0 aromatic carbocycles. The number of unbranched alkanes of at least 4 members (excludes halogenated alkanes) is 9. The number of aliphatic hydroxyl groups excluding tert-OH is 1. The number of phosphoric acid groups is 1. The SMILES string of the molecule is CC/C=C\C/C=C\C/C=C\CCCCCCCC(=O)O[C@H](COC(=O)CCC/C=C/C=C\C(O)C/C=C\C/C=C\CCCCC)COP(=O)(O)OCCN. The highest BCUT2D eigenvalue weighted by atomic mass is 31.2. The summed E-state index contributed by atoms with van der Waals surface area (Å²) in [7, 11) is -4.42. The van der Waals surface area contributed by atoms with Gasteiger partial charge in [0.15, 0.2) is 6.10 Å². The predicted molar refractivity (Wildman–Crippen MR) is 221 cm³/mol. The molecule has 3 atom stereocenters. The van der Waals surface area contributed by atoms with E-state index >= 15 is 0 Å². The van der Waals surface area contributed by atoms with Crippen LogP contribution >= 0.6 is 7.82 Å². The van der Waals surface area contributed by atoms with Crippen LogP contribution in [0, 0.1) is 0 Å². The van der Waals surface area contributed by atoms with Crippen molar-refractivity contribution in [2.45, 2.75) is 148 Å². The summed E-state index contributed by atoms with van der Waals surface area (Å²) in [5.41, 5.74) is 5.33. The number of carbonyl (C=O) groups is 2. The van der Waals surface area contributed by atoms with Crippen molar-refractivity contribution in [3.63, 3.8) is 0 Å². The molecule has 0 radical (unpaired) electrons. The maximum absolute atomic E-state index is 12.5. The topological polar surface area (TPSA) is 155 Å². The van der Waals surface area contributed by atoms with E-state index < -0.39 is 38.6 Å². The minimum Gasteiger partial charge on any atom is -0.462 e. The number of allylic oxidation sites excluding steroid dienone is 12. The van der Waals surface area contributed by atoms with E-state index in [9.17, 15) is 24.2 Å². The second kappa shape index (κ2) is 38.4.